The van der Waals surface area contributed by atoms with Gasteiger partial charge in [-0.15, -0.1) is 0 Å². The normalized spacial score (nSPS) is 11.1. The minimum atomic E-state index is -0.0856. The molecule has 0 aliphatic carbocycles. The number of benzene rings is 2. The molecule has 0 saturated carbocycles. The standard InChI is InChI=1S/C16H17O4P/c1-18-11-9-13(19-2)15(14(10-11)20-3)16(17)21-12-7-5-4-6-8-12/h4-10,17H,1-3H3/p-1. The van der Waals surface area contributed by atoms with Crippen LogP contribution in [0.5, 0.6) is 17.2 Å². The second kappa shape index (κ2) is 7.11. The highest BCUT2D eigenvalue weighted by molar-refractivity contribution is 7.49. The van der Waals surface area contributed by atoms with Crippen LogP contribution in [0.25, 0.3) is 0 Å². The van der Waals surface area contributed by atoms with Gasteiger partial charge in [-0.05, 0) is 0 Å². The molecular weight excluding hydrogens is 287 g/mol. The molecule has 0 unspecified atom stereocenters. The molecule has 0 heterocycles. The fourth-order valence-corrected chi connectivity index (χ4v) is 2.78. The lowest BCUT2D eigenvalue weighted by atomic mass is 10.1. The van der Waals surface area contributed by atoms with Gasteiger partial charge in [0.25, 0.3) is 0 Å². The molecule has 0 N–H and O–H groups in total. The van der Waals surface area contributed by atoms with Crippen LogP contribution in [0, 0.1) is 0 Å². The van der Waals surface area contributed by atoms with Gasteiger partial charge in [-0.3, -0.25) is 0 Å². The fourth-order valence-electron chi connectivity index (χ4n) is 1.89. The van der Waals surface area contributed by atoms with Crippen molar-refractivity contribution in [3.05, 3.63) is 48.0 Å². The summed E-state index contributed by atoms with van der Waals surface area (Å²) in [4.78, 5) is 0. The predicted molar refractivity (Wildman–Crippen MR) is 83.2 cm³/mol. The van der Waals surface area contributed by atoms with Gasteiger partial charge in [-0.25, -0.2) is 0 Å². The number of hydrogen-bond donors (Lipinski definition) is 0. The molecule has 2 aromatic rings. The van der Waals surface area contributed by atoms with Crippen molar-refractivity contribution in [2.24, 2.45) is 0 Å². The van der Waals surface area contributed by atoms with Crippen molar-refractivity contribution in [2.75, 3.05) is 21.3 Å². The van der Waals surface area contributed by atoms with E-state index in [4.69, 9.17) is 14.2 Å². The van der Waals surface area contributed by atoms with E-state index in [0.717, 1.165) is 5.30 Å². The third-order valence-corrected chi connectivity index (χ3v) is 3.90. The van der Waals surface area contributed by atoms with Crippen LogP contribution in [0.3, 0.4) is 0 Å². The van der Waals surface area contributed by atoms with Crippen LogP contribution in [0.1, 0.15) is 5.56 Å². The summed E-state index contributed by atoms with van der Waals surface area (Å²) in [7, 11) is 5.16. The fraction of sp³-hybridized carbons (Fsp3) is 0.188. The Hall–Kier alpha value is -2.03. The quantitative estimate of drug-likeness (QED) is 0.791. The lowest BCUT2D eigenvalue weighted by Crippen LogP contribution is -2.19. The largest absolute Gasteiger partial charge is 0.823 e. The Morgan fingerprint density at radius 1 is 0.905 bits per heavy atom. The highest BCUT2D eigenvalue weighted by atomic mass is 31.1. The van der Waals surface area contributed by atoms with E-state index in [2.05, 4.69) is 0 Å². The molecule has 0 spiro atoms. The monoisotopic (exact) mass is 303 g/mol. The molecule has 0 aromatic heterocycles. The Balaban J connectivity index is 2.54. The van der Waals surface area contributed by atoms with E-state index < -0.39 is 0 Å². The van der Waals surface area contributed by atoms with Crippen molar-refractivity contribution in [1.82, 2.24) is 0 Å². The van der Waals surface area contributed by atoms with Crippen LogP contribution in [0.15, 0.2) is 42.5 Å². The minimum absolute atomic E-state index is 0.0856. The molecule has 110 valence electrons. The molecule has 0 aliphatic heterocycles. The highest BCUT2D eigenvalue weighted by Gasteiger charge is 2.12. The number of methoxy groups -OCH3 is 3. The van der Waals surface area contributed by atoms with Gasteiger partial charge < -0.3 is 19.3 Å². The molecule has 5 heteroatoms. The van der Waals surface area contributed by atoms with Crippen molar-refractivity contribution in [1.29, 1.82) is 0 Å². The first kappa shape index (κ1) is 15.4. The van der Waals surface area contributed by atoms with Crippen LogP contribution in [0.4, 0.5) is 0 Å². The van der Waals surface area contributed by atoms with Gasteiger partial charge in [0.05, 0.1) is 26.9 Å². The van der Waals surface area contributed by atoms with Gasteiger partial charge in [0, 0.05) is 17.4 Å². The predicted octanol–water partition coefficient (Wildman–Crippen LogP) is 1.82. The van der Waals surface area contributed by atoms with Crippen molar-refractivity contribution in [2.45, 2.75) is 0 Å². The zero-order valence-electron chi connectivity index (χ0n) is 12.1. The molecule has 4 nitrogen and oxygen atoms in total. The lowest BCUT2D eigenvalue weighted by molar-refractivity contribution is -0.207. The second-order valence-electron chi connectivity index (χ2n) is 4.16. The average molecular weight is 303 g/mol. The van der Waals surface area contributed by atoms with Gasteiger partial charge >= 0.3 is 0 Å². The first-order chi connectivity index (χ1) is 10.2. The summed E-state index contributed by atoms with van der Waals surface area (Å²) in [6.07, 6.45) is 0. The number of hydrogen-bond acceptors (Lipinski definition) is 4. The van der Waals surface area contributed by atoms with E-state index >= 15 is 0 Å². The van der Waals surface area contributed by atoms with Gasteiger partial charge in [0.2, 0.25) is 0 Å². The molecule has 21 heavy (non-hydrogen) atoms. The van der Waals surface area contributed by atoms with Gasteiger partial charge in [0.1, 0.15) is 17.2 Å². The van der Waals surface area contributed by atoms with E-state index in [9.17, 15) is 5.11 Å². The average Bonchev–Trinajstić information content (AvgIpc) is 2.54. The Morgan fingerprint density at radius 2 is 1.48 bits per heavy atom. The summed E-state index contributed by atoms with van der Waals surface area (Å²) < 4.78 is 15.8. The summed E-state index contributed by atoms with van der Waals surface area (Å²) in [5, 5.41) is 13.5. The molecule has 0 radical (unpaired) electrons. The summed E-state index contributed by atoms with van der Waals surface area (Å²) in [5.74, 6) is 1.47. The van der Waals surface area contributed by atoms with Gasteiger partial charge in [-0.1, -0.05) is 44.0 Å². The summed E-state index contributed by atoms with van der Waals surface area (Å²) in [6.45, 7) is 0. The van der Waals surface area contributed by atoms with Crippen LogP contribution in [-0.2, 0) is 0 Å². The van der Waals surface area contributed by atoms with Crippen LogP contribution >= 0.6 is 8.20 Å². The minimum Gasteiger partial charge on any atom is -0.823 e. The topological polar surface area (TPSA) is 50.8 Å². The molecule has 0 amide bonds. The Morgan fingerprint density at radius 3 is 1.95 bits per heavy atom. The van der Waals surface area contributed by atoms with Gasteiger partial charge in [0.15, 0.2) is 0 Å². The van der Waals surface area contributed by atoms with Crippen molar-refractivity contribution >= 4 is 19.0 Å². The van der Waals surface area contributed by atoms with E-state index in [0.29, 0.717) is 31.0 Å². The molecule has 0 atom stereocenters. The first-order valence-corrected chi connectivity index (χ1v) is 7.20. The smallest absolute Gasteiger partial charge is 0.132 e. The zero-order valence-corrected chi connectivity index (χ0v) is 13.0. The maximum absolute atomic E-state index is 12.6. The number of rotatable bonds is 5. The summed E-state index contributed by atoms with van der Waals surface area (Å²) in [6, 6.07) is 12.9. The van der Waals surface area contributed by atoms with Crippen LogP contribution in [0.2, 0.25) is 0 Å². The van der Waals surface area contributed by atoms with Crippen LogP contribution in [-0.4, -0.2) is 26.8 Å². The third kappa shape index (κ3) is 3.54. The third-order valence-electron chi connectivity index (χ3n) is 2.92. The molecule has 0 saturated heterocycles. The molecule has 0 bridgehead atoms. The number of ether oxygens (including phenoxy) is 3. The molecule has 0 aliphatic rings. The van der Waals surface area contributed by atoms with E-state index in [1.807, 2.05) is 30.3 Å². The SMILES string of the molecule is COc1cc(OC)c(C([O-])=Pc2ccccc2)c(OC)c1. The van der Waals surface area contributed by atoms with Crippen LogP contribution < -0.4 is 24.6 Å². The maximum atomic E-state index is 12.6. The van der Waals surface area contributed by atoms with Gasteiger partial charge in [-0.2, -0.15) is 0 Å². The summed E-state index contributed by atoms with van der Waals surface area (Å²) in [5.41, 5.74) is 0.337. The Bertz CT molecular complexity index is 613. The molecular formula is C16H16O4P-. The molecule has 2 aromatic carbocycles. The zero-order chi connectivity index (χ0) is 15.2. The molecule has 0 fully saturated rings. The van der Waals surface area contributed by atoms with Crippen molar-refractivity contribution in [3.8, 4) is 17.2 Å². The van der Waals surface area contributed by atoms with Crippen molar-refractivity contribution < 1.29 is 19.3 Å². The highest BCUT2D eigenvalue weighted by Crippen LogP contribution is 2.34. The molecule has 2 rings (SSSR count). The van der Waals surface area contributed by atoms with E-state index in [-0.39, 0.29) is 5.48 Å². The summed E-state index contributed by atoms with van der Waals surface area (Å²) >= 11 is 0. The lowest BCUT2D eigenvalue weighted by Gasteiger charge is -2.20. The second-order valence-corrected chi connectivity index (χ2v) is 5.31. The van der Waals surface area contributed by atoms with E-state index in [1.54, 1.807) is 19.2 Å². The van der Waals surface area contributed by atoms with E-state index in [1.165, 1.54) is 14.2 Å². The van der Waals surface area contributed by atoms with Crippen molar-refractivity contribution in [3.63, 3.8) is 0 Å². The maximum Gasteiger partial charge on any atom is 0.132 e. The first-order valence-electron chi connectivity index (χ1n) is 6.30. The Labute approximate surface area is 125 Å². The Kier molecular flexibility index (Phi) is 5.20.